The monoisotopic (exact) mass is 435 g/mol. The molecule has 0 aromatic carbocycles. The van der Waals surface area contributed by atoms with E-state index in [4.69, 9.17) is 0 Å². The summed E-state index contributed by atoms with van der Waals surface area (Å²) in [4.78, 5) is 10.7. The van der Waals surface area contributed by atoms with E-state index in [2.05, 4.69) is 4.74 Å². The number of aryl methyl sites for hydroxylation is 1. The van der Waals surface area contributed by atoms with Crippen LogP contribution in [0.25, 0.3) is 4.13 Å². The largest absolute Gasteiger partial charge is 0.480 e. The smallest absolute Gasteiger partial charge is 0.466 e. The number of imidazole rings is 1. The van der Waals surface area contributed by atoms with Crippen LogP contribution in [0.15, 0.2) is 18.7 Å². The van der Waals surface area contributed by atoms with Gasteiger partial charge < -0.3 is 8.86 Å². The number of hydrogen-bond donors (Lipinski definition) is 0. The van der Waals surface area contributed by atoms with Crippen LogP contribution < -0.4 is 4.57 Å². The molecule has 0 N–H and O–H groups in total. The lowest BCUT2D eigenvalue weighted by molar-refractivity contribution is -0.671. The Morgan fingerprint density at radius 1 is 1.08 bits per heavy atom. The average Bonchev–Trinajstić information content (AvgIpc) is 2.81. The van der Waals surface area contributed by atoms with Gasteiger partial charge in [-0.15, -0.1) is 0 Å². The van der Waals surface area contributed by atoms with Gasteiger partial charge in [0.25, 0.3) is 0 Å². The Kier molecular flexibility index (Phi) is 7.62. The van der Waals surface area contributed by atoms with Crippen LogP contribution in [0, 0.1) is 0 Å². The first kappa shape index (κ1) is 24.1. The molecular formula is C9H11F6N3O6S2. The van der Waals surface area contributed by atoms with E-state index < -0.39 is 31.1 Å². The Hall–Kier alpha value is -1.88. The van der Waals surface area contributed by atoms with Crippen molar-refractivity contribution in [2.75, 3.05) is 7.11 Å². The van der Waals surface area contributed by atoms with E-state index in [0.717, 1.165) is 4.13 Å². The second kappa shape index (κ2) is 8.21. The van der Waals surface area contributed by atoms with E-state index in [-0.39, 0.29) is 12.5 Å². The normalized spacial score (nSPS) is 12.9. The number of nitrogens with zero attached hydrogens (tertiary/aromatic N) is 3. The van der Waals surface area contributed by atoms with Crippen LogP contribution in [0.5, 0.6) is 0 Å². The maximum atomic E-state index is 11.4. The zero-order chi connectivity index (χ0) is 21.0. The summed E-state index contributed by atoms with van der Waals surface area (Å²) in [5, 5.41) is 0. The molecule has 9 nitrogen and oxygen atoms in total. The highest BCUT2D eigenvalue weighted by molar-refractivity contribution is 8.13. The standard InChI is InChI=1S/C7H11N2O2.C2F6NO4S2/c1-8-3-4-9(6-8)5-7(10)11-2;3-1(4,5)14(10,11)9-15(12,13)2(6,7)8/h3-4,6H,5H2,1-2H3;/q+1;-1. The molecule has 0 unspecified atom stereocenters. The van der Waals surface area contributed by atoms with Gasteiger partial charge >= 0.3 is 17.0 Å². The summed E-state index contributed by atoms with van der Waals surface area (Å²) in [5.74, 6) is -0.235. The highest BCUT2D eigenvalue weighted by Crippen LogP contribution is 2.36. The first-order valence-corrected chi connectivity index (χ1v) is 8.75. The SMILES string of the molecule is COC(=O)Cn1cc[n+](C)c1.O=S(=O)([N-]S(=O)(=O)C(F)(F)F)C(F)(F)F. The summed E-state index contributed by atoms with van der Waals surface area (Å²) in [6.07, 6.45) is 5.50. The van der Waals surface area contributed by atoms with Crippen LogP contribution in [-0.2, 0) is 43.2 Å². The number of alkyl halides is 6. The third kappa shape index (κ3) is 7.16. The van der Waals surface area contributed by atoms with E-state index in [1.165, 1.54) is 7.11 Å². The first-order chi connectivity index (χ1) is 11.4. The lowest BCUT2D eigenvalue weighted by Gasteiger charge is -2.22. The van der Waals surface area contributed by atoms with E-state index in [0.29, 0.717) is 0 Å². The lowest BCUT2D eigenvalue weighted by atomic mass is 10.6. The van der Waals surface area contributed by atoms with Gasteiger partial charge in [-0.25, -0.2) is 30.8 Å². The fourth-order valence-electron chi connectivity index (χ4n) is 1.02. The Balaban J connectivity index is 0.000000502. The fourth-order valence-corrected chi connectivity index (χ4v) is 2.73. The third-order valence-corrected chi connectivity index (χ3v) is 4.88. The molecule has 0 bridgehead atoms. The number of rotatable bonds is 4. The van der Waals surface area contributed by atoms with Gasteiger partial charge in [0.15, 0.2) is 26.6 Å². The zero-order valence-electron chi connectivity index (χ0n) is 12.8. The van der Waals surface area contributed by atoms with Crippen molar-refractivity contribution in [3.8, 4) is 0 Å². The molecule has 0 spiro atoms. The molecule has 1 aromatic rings. The van der Waals surface area contributed by atoms with Gasteiger partial charge in [-0.1, -0.05) is 0 Å². The molecule has 0 aliphatic heterocycles. The van der Waals surface area contributed by atoms with Crippen molar-refractivity contribution < 1.29 is 57.3 Å². The molecule has 26 heavy (non-hydrogen) atoms. The molecule has 0 atom stereocenters. The molecule has 17 heteroatoms. The zero-order valence-corrected chi connectivity index (χ0v) is 14.4. The Morgan fingerprint density at radius 3 is 1.77 bits per heavy atom. The van der Waals surface area contributed by atoms with E-state index in [9.17, 15) is 48.0 Å². The van der Waals surface area contributed by atoms with Crippen LogP contribution in [0.4, 0.5) is 26.3 Å². The summed E-state index contributed by atoms with van der Waals surface area (Å²) in [6.45, 7) is 0.275. The minimum atomic E-state index is -6.72. The summed E-state index contributed by atoms with van der Waals surface area (Å²) in [5.41, 5.74) is -12.4. The number of ether oxygens (including phenoxy) is 1. The summed E-state index contributed by atoms with van der Waals surface area (Å²) < 4.78 is 117. The van der Waals surface area contributed by atoms with Crippen LogP contribution in [0.2, 0.25) is 0 Å². The molecule has 1 heterocycles. The Morgan fingerprint density at radius 2 is 1.50 bits per heavy atom. The first-order valence-electron chi connectivity index (χ1n) is 5.87. The van der Waals surface area contributed by atoms with Crippen LogP contribution in [0.1, 0.15) is 0 Å². The number of methoxy groups -OCH3 is 1. The van der Waals surface area contributed by atoms with Gasteiger partial charge in [0, 0.05) is 0 Å². The van der Waals surface area contributed by atoms with E-state index in [1.54, 1.807) is 4.57 Å². The number of aromatic nitrogens is 2. The highest BCUT2D eigenvalue weighted by atomic mass is 32.3. The quantitative estimate of drug-likeness (QED) is 0.387. The molecule has 1 aromatic heterocycles. The van der Waals surface area contributed by atoms with Gasteiger partial charge in [-0.3, -0.25) is 0 Å². The molecule has 1 rings (SSSR count). The Labute approximate surface area is 143 Å². The predicted octanol–water partition coefficient (Wildman–Crippen LogP) is 0.545. The van der Waals surface area contributed by atoms with Gasteiger partial charge in [0.05, 0.1) is 14.2 Å². The summed E-state index contributed by atoms with van der Waals surface area (Å²) >= 11 is 0. The van der Waals surface area contributed by atoms with Crippen molar-refractivity contribution in [3.63, 3.8) is 0 Å². The predicted molar refractivity (Wildman–Crippen MR) is 70.9 cm³/mol. The van der Waals surface area contributed by atoms with Crippen LogP contribution in [-0.4, -0.2) is 45.5 Å². The number of esters is 1. The molecule has 0 radical (unpaired) electrons. The molecule has 0 saturated carbocycles. The second-order valence-electron chi connectivity index (χ2n) is 4.24. The number of sulfonamides is 2. The van der Waals surface area contributed by atoms with Gasteiger partial charge in [-0.2, -0.15) is 26.3 Å². The second-order valence-corrected chi connectivity index (χ2v) is 7.67. The van der Waals surface area contributed by atoms with Gasteiger partial charge in [-0.05, 0) is 0 Å². The van der Waals surface area contributed by atoms with Gasteiger partial charge in [0.1, 0.15) is 12.4 Å². The van der Waals surface area contributed by atoms with Crippen LogP contribution in [0.3, 0.4) is 0 Å². The Bertz CT molecular complexity index is 785. The lowest BCUT2D eigenvalue weighted by Crippen LogP contribution is -2.30. The van der Waals surface area contributed by atoms with Crippen molar-refractivity contribution in [1.29, 1.82) is 0 Å². The van der Waals surface area contributed by atoms with E-state index >= 15 is 0 Å². The number of carbonyl (C=O) groups is 1. The molecule has 152 valence electrons. The topological polar surface area (TPSA) is 117 Å². The minimum absolute atomic E-state index is 0.235. The maximum absolute atomic E-state index is 11.4. The summed E-state index contributed by atoms with van der Waals surface area (Å²) in [6, 6.07) is 0. The minimum Gasteiger partial charge on any atom is -0.466 e. The summed E-state index contributed by atoms with van der Waals surface area (Å²) in [7, 11) is -10.2. The third-order valence-electron chi connectivity index (χ3n) is 2.14. The van der Waals surface area contributed by atoms with E-state index in [1.807, 2.05) is 30.3 Å². The van der Waals surface area contributed by atoms with Gasteiger partial charge in [0.2, 0.25) is 6.33 Å². The van der Waals surface area contributed by atoms with Crippen molar-refractivity contribution in [2.24, 2.45) is 7.05 Å². The number of hydrogen-bond acceptors (Lipinski definition) is 6. The van der Waals surface area contributed by atoms with Crippen molar-refractivity contribution in [2.45, 2.75) is 17.6 Å². The van der Waals surface area contributed by atoms with Crippen LogP contribution >= 0.6 is 0 Å². The molecule has 0 amide bonds. The fraction of sp³-hybridized carbons (Fsp3) is 0.556. The number of carbonyl (C=O) groups excluding carboxylic acids is 1. The molecule has 0 saturated heterocycles. The molecule has 0 aliphatic rings. The molecular weight excluding hydrogens is 424 g/mol. The molecule has 0 fully saturated rings. The maximum Gasteiger partial charge on any atom is 0.480 e. The number of halogens is 6. The highest BCUT2D eigenvalue weighted by Gasteiger charge is 2.46. The molecule has 0 aliphatic carbocycles. The average molecular weight is 435 g/mol. The van der Waals surface area contributed by atoms with Crippen molar-refractivity contribution >= 4 is 26.0 Å². The van der Waals surface area contributed by atoms with Crippen molar-refractivity contribution in [3.05, 3.63) is 22.8 Å². The van der Waals surface area contributed by atoms with Crippen molar-refractivity contribution in [1.82, 2.24) is 4.57 Å².